The molecule has 3 nitrogen and oxygen atoms in total. The molecule has 1 heterocycles. The van der Waals surface area contributed by atoms with Crippen LogP contribution in [0.5, 0.6) is 0 Å². The first kappa shape index (κ1) is 16.3. The molecule has 7 heteroatoms. The van der Waals surface area contributed by atoms with E-state index in [1.54, 1.807) is 11.8 Å². The van der Waals surface area contributed by atoms with Crippen molar-refractivity contribution in [2.45, 2.75) is 25.6 Å². The zero-order valence-electron chi connectivity index (χ0n) is 11.3. The van der Waals surface area contributed by atoms with Gasteiger partial charge in [0.1, 0.15) is 0 Å². The average molecular weight is 366 g/mol. The van der Waals surface area contributed by atoms with Gasteiger partial charge >= 0.3 is 12.1 Å². The van der Waals surface area contributed by atoms with Crippen molar-refractivity contribution in [3.63, 3.8) is 0 Å². The topological polar surface area (TPSA) is 40.5 Å². The maximum absolute atomic E-state index is 13.1. The number of aliphatic carboxylic acids is 1. The Morgan fingerprint density at radius 2 is 1.95 bits per heavy atom. The number of hydrogen-bond donors (Lipinski definition) is 1. The number of rotatable bonds is 3. The van der Waals surface area contributed by atoms with Gasteiger partial charge in [-0.15, -0.1) is 0 Å². The van der Waals surface area contributed by atoms with Crippen molar-refractivity contribution >= 4 is 21.9 Å². The molecule has 116 valence electrons. The summed E-state index contributed by atoms with van der Waals surface area (Å²) in [4.78, 5) is 12.7. The van der Waals surface area contributed by atoms with E-state index >= 15 is 0 Å². The van der Waals surface area contributed by atoms with Crippen LogP contribution in [0.4, 0.5) is 13.2 Å². The van der Waals surface area contributed by atoms with Gasteiger partial charge < -0.3 is 5.11 Å². The Kier molecular flexibility index (Phi) is 4.35. The quantitative estimate of drug-likeness (QED) is 0.884. The number of alkyl halides is 3. The summed E-state index contributed by atoms with van der Waals surface area (Å²) in [5.41, 5.74) is -1.79. The van der Waals surface area contributed by atoms with Crippen LogP contribution in [0.25, 0.3) is 0 Å². The molecule has 0 aliphatic carbocycles. The van der Waals surface area contributed by atoms with Gasteiger partial charge in [-0.05, 0) is 31.0 Å². The lowest BCUT2D eigenvalue weighted by molar-refractivity contribution is -0.227. The molecule has 0 spiro atoms. The number of benzene rings is 1. The Morgan fingerprint density at radius 1 is 1.38 bits per heavy atom. The Bertz CT molecular complexity index is 532. The second-order valence-corrected chi connectivity index (χ2v) is 6.25. The third-order valence-electron chi connectivity index (χ3n) is 4.15. The van der Waals surface area contributed by atoms with Gasteiger partial charge in [0.05, 0.1) is 0 Å². The first-order valence-corrected chi connectivity index (χ1v) is 7.26. The SMILES string of the molecule is CC(c1ccc(Br)cc1)N1CCC(C(=O)O)(C(F)(F)F)C1. The van der Waals surface area contributed by atoms with Crippen molar-refractivity contribution in [2.24, 2.45) is 5.41 Å². The zero-order chi connectivity index (χ0) is 15.8. The molecule has 1 N–H and O–H groups in total. The smallest absolute Gasteiger partial charge is 0.406 e. The highest BCUT2D eigenvalue weighted by Gasteiger charge is 2.63. The van der Waals surface area contributed by atoms with Gasteiger partial charge in [-0.3, -0.25) is 9.69 Å². The second kappa shape index (κ2) is 5.61. The summed E-state index contributed by atoms with van der Waals surface area (Å²) in [6.07, 6.45) is -5.15. The minimum atomic E-state index is -4.74. The zero-order valence-corrected chi connectivity index (χ0v) is 12.9. The van der Waals surface area contributed by atoms with Crippen LogP contribution in [0.15, 0.2) is 28.7 Å². The second-order valence-electron chi connectivity index (χ2n) is 5.33. The molecule has 1 aromatic carbocycles. The summed E-state index contributed by atoms with van der Waals surface area (Å²) in [6.45, 7) is 1.39. The standard InChI is InChI=1S/C14H15BrF3NO2/c1-9(10-2-4-11(15)5-3-10)19-7-6-13(8-19,12(20)21)14(16,17)18/h2-5,9H,6-8H2,1H3,(H,20,21). The van der Waals surface area contributed by atoms with Gasteiger partial charge in [-0.2, -0.15) is 13.2 Å². The molecule has 1 fully saturated rings. The van der Waals surface area contributed by atoms with E-state index in [9.17, 15) is 18.0 Å². The highest BCUT2D eigenvalue weighted by atomic mass is 79.9. The van der Waals surface area contributed by atoms with Gasteiger partial charge in [0, 0.05) is 23.6 Å². The van der Waals surface area contributed by atoms with E-state index in [0.29, 0.717) is 0 Å². The predicted molar refractivity (Wildman–Crippen MR) is 74.9 cm³/mol. The Morgan fingerprint density at radius 3 is 2.38 bits per heavy atom. The van der Waals surface area contributed by atoms with Gasteiger partial charge in [-0.25, -0.2) is 0 Å². The number of hydrogen-bond acceptors (Lipinski definition) is 2. The van der Waals surface area contributed by atoms with Crippen molar-refractivity contribution in [1.29, 1.82) is 0 Å². The summed E-state index contributed by atoms with van der Waals surface area (Å²) in [6, 6.07) is 7.01. The van der Waals surface area contributed by atoms with Crippen molar-refractivity contribution < 1.29 is 23.1 Å². The van der Waals surface area contributed by atoms with E-state index in [1.807, 2.05) is 24.3 Å². The molecule has 21 heavy (non-hydrogen) atoms. The van der Waals surface area contributed by atoms with Crippen LogP contribution in [0.1, 0.15) is 24.9 Å². The molecule has 1 aromatic rings. The minimum absolute atomic E-state index is 0.114. The van der Waals surface area contributed by atoms with Gasteiger partial charge in [0.15, 0.2) is 5.41 Å². The number of carboxylic acid groups (broad SMARTS) is 1. The Labute approximate surface area is 128 Å². The monoisotopic (exact) mass is 365 g/mol. The molecule has 2 unspecified atom stereocenters. The van der Waals surface area contributed by atoms with Crippen molar-refractivity contribution in [2.75, 3.05) is 13.1 Å². The predicted octanol–water partition coefficient (Wildman–Crippen LogP) is 3.85. The number of halogens is 4. The lowest BCUT2D eigenvalue weighted by Crippen LogP contribution is -2.47. The number of carboxylic acids is 1. The van der Waals surface area contributed by atoms with Crippen LogP contribution in [-0.4, -0.2) is 35.2 Å². The van der Waals surface area contributed by atoms with E-state index in [-0.39, 0.29) is 12.6 Å². The maximum atomic E-state index is 13.1. The number of carbonyl (C=O) groups is 1. The molecule has 0 aromatic heterocycles. The lowest BCUT2D eigenvalue weighted by atomic mass is 9.86. The van der Waals surface area contributed by atoms with Gasteiger partial charge in [-0.1, -0.05) is 28.1 Å². The van der Waals surface area contributed by atoms with Gasteiger partial charge in [0.25, 0.3) is 0 Å². The maximum Gasteiger partial charge on any atom is 0.406 e. The van der Waals surface area contributed by atoms with Crippen LogP contribution < -0.4 is 0 Å². The largest absolute Gasteiger partial charge is 0.481 e. The van der Waals surface area contributed by atoms with E-state index in [1.165, 1.54) is 0 Å². The fourth-order valence-electron chi connectivity index (χ4n) is 2.65. The molecule has 0 amide bonds. The summed E-state index contributed by atoms with van der Waals surface area (Å²) >= 11 is 3.30. The average Bonchev–Trinajstić information content (AvgIpc) is 2.84. The fourth-order valence-corrected chi connectivity index (χ4v) is 2.91. The minimum Gasteiger partial charge on any atom is -0.481 e. The van der Waals surface area contributed by atoms with Crippen LogP contribution in [-0.2, 0) is 4.79 Å². The normalized spacial score (nSPS) is 25.0. The van der Waals surface area contributed by atoms with Crippen molar-refractivity contribution in [1.82, 2.24) is 4.90 Å². The van der Waals surface area contributed by atoms with Crippen LogP contribution >= 0.6 is 15.9 Å². The molecular formula is C14H15BrF3NO2. The highest BCUT2D eigenvalue weighted by Crippen LogP contribution is 2.47. The van der Waals surface area contributed by atoms with E-state index in [2.05, 4.69) is 15.9 Å². The first-order valence-electron chi connectivity index (χ1n) is 6.47. The third kappa shape index (κ3) is 2.94. The molecule has 1 aliphatic rings. The Hall–Kier alpha value is -1.08. The Balaban J connectivity index is 2.21. The molecule has 2 rings (SSSR count). The molecular weight excluding hydrogens is 351 g/mol. The highest BCUT2D eigenvalue weighted by molar-refractivity contribution is 9.10. The lowest BCUT2D eigenvalue weighted by Gasteiger charge is -2.29. The van der Waals surface area contributed by atoms with Crippen molar-refractivity contribution in [3.05, 3.63) is 34.3 Å². The van der Waals surface area contributed by atoms with E-state index in [0.717, 1.165) is 10.0 Å². The number of likely N-dealkylation sites (tertiary alicyclic amines) is 1. The van der Waals surface area contributed by atoms with Crippen molar-refractivity contribution in [3.8, 4) is 0 Å². The summed E-state index contributed by atoms with van der Waals surface area (Å²) in [7, 11) is 0. The van der Waals surface area contributed by atoms with Crippen LogP contribution in [0, 0.1) is 5.41 Å². The molecule has 0 bridgehead atoms. The van der Waals surface area contributed by atoms with E-state index < -0.39 is 30.5 Å². The molecule has 1 saturated heterocycles. The third-order valence-corrected chi connectivity index (χ3v) is 4.68. The summed E-state index contributed by atoms with van der Waals surface area (Å²) in [5, 5.41) is 9.05. The molecule has 0 saturated carbocycles. The fraction of sp³-hybridized carbons (Fsp3) is 0.500. The molecule has 1 aliphatic heterocycles. The molecule has 0 radical (unpaired) electrons. The first-order chi connectivity index (χ1) is 9.67. The summed E-state index contributed by atoms with van der Waals surface area (Å²) in [5.74, 6) is -1.79. The van der Waals surface area contributed by atoms with E-state index in [4.69, 9.17) is 5.11 Å². The number of nitrogens with zero attached hydrogens (tertiary/aromatic N) is 1. The van der Waals surface area contributed by atoms with Crippen LogP contribution in [0.2, 0.25) is 0 Å². The molecule has 2 atom stereocenters. The summed E-state index contributed by atoms with van der Waals surface area (Å²) < 4.78 is 40.3. The van der Waals surface area contributed by atoms with Gasteiger partial charge in [0.2, 0.25) is 0 Å². The van der Waals surface area contributed by atoms with Crippen LogP contribution in [0.3, 0.4) is 0 Å².